The summed E-state index contributed by atoms with van der Waals surface area (Å²) in [4.78, 5) is 32.0. The third-order valence-electron chi connectivity index (χ3n) is 13.9. The second-order valence-corrected chi connectivity index (χ2v) is 20.9. The van der Waals surface area contributed by atoms with Gasteiger partial charge in [-0.15, -0.1) is 12.1 Å². The molecule has 0 saturated heterocycles. The smallest absolute Gasteiger partial charge is 0.458 e. The summed E-state index contributed by atoms with van der Waals surface area (Å²) in [6.45, 7) is 7.25. The van der Waals surface area contributed by atoms with E-state index in [-0.39, 0.29) is 80.9 Å². The number of halogens is 8. The first-order valence-electron chi connectivity index (χ1n) is 27.5. The van der Waals surface area contributed by atoms with Gasteiger partial charge in [-0.2, -0.15) is 27.5 Å². The van der Waals surface area contributed by atoms with Crippen LogP contribution in [0.1, 0.15) is 65.3 Å². The summed E-state index contributed by atoms with van der Waals surface area (Å²) in [5, 5.41) is 0. The van der Waals surface area contributed by atoms with Crippen LogP contribution in [0.5, 0.6) is 46.0 Å². The van der Waals surface area contributed by atoms with Gasteiger partial charge in [0.05, 0.1) is 33.9 Å². The zero-order valence-corrected chi connectivity index (χ0v) is 50.5. The van der Waals surface area contributed by atoms with Gasteiger partial charge in [0.15, 0.2) is 0 Å². The largest absolute Gasteiger partial charge is 2.00 e. The monoisotopic (exact) mass is 1440 g/mol. The van der Waals surface area contributed by atoms with Crippen molar-refractivity contribution < 1.29 is 75.1 Å². The fourth-order valence-corrected chi connectivity index (χ4v) is 9.14. The molecule has 12 rings (SSSR count). The molecule has 0 bridgehead atoms. The second kappa shape index (κ2) is 29.6. The minimum atomic E-state index is -1.10. The summed E-state index contributed by atoms with van der Waals surface area (Å²) in [7, 11) is 0. The Morgan fingerprint density at radius 2 is 0.548 bits per heavy atom. The van der Waals surface area contributed by atoms with Crippen molar-refractivity contribution in [3.8, 4) is 91.0 Å². The van der Waals surface area contributed by atoms with Crippen molar-refractivity contribution in [2.75, 3.05) is 0 Å². The molecule has 0 aliphatic carbocycles. The molecule has 0 aliphatic rings. The van der Waals surface area contributed by atoms with Crippen LogP contribution in [0.4, 0.5) is 35.1 Å². The van der Waals surface area contributed by atoms with Crippen LogP contribution in [0.2, 0.25) is 0 Å². The van der Waals surface area contributed by atoms with E-state index in [0.717, 1.165) is 24.3 Å². The zero-order valence-electron chi connectivity index (χ0n) is 48.2. The molecule has 0 unspecified atom stereocenters. The normalized spacial score (nSPS) is 11.0. The molecule has 0 N–H and O–H groups in total. The first-order chi connectivity index (χ1) is 43.3. The van der Waals surface area contributed by atoms with E-state index in [1.54, 1.807) is 135 Å². The van der Waals surface area contributed by atoms with Gasteiger partial charge in [0.2, 0.25) is 23.8 Å². The molecule has 0 aliphatic heterocycles. The molecule has 0 radical (unpaired) electrons. The van der Waals surface area contributed by atoms with Gasteiger partial charge in [0.25, 0.3) is 0 Å². The number of nitrogens with zero attached hydrogens (tertiary/aromatic N) is 8. The standard InChI is InChI=1S/C35H24F4N4O2.C35H22F4N4O2.2CH4.Pt/c2*1-35(2,29-19-23(44-21-9-5-3-6-10-21)17-27(40-29)25-13-15-31(36)42-33(25)38)30-20-24(45-22-11-7-4-8-12-22)18-28(41-30)26-14-16-32(37)43-34(26)39;;;/h3-20H,1-2H3;3-12,15-20H,1-2H3;2*1H4;/q;-2;;;+2. The van der Waals surface area contributed by atoms with E-state index in [2.05, 4.69) is 32.1 Å². The Labute approximate surface area is 545 Å². The molecule has 4 aromatic carbocycles. The predicted octanol–water partition coefficient (Wildman–Crippen LogP) is 19.0. The Balaban J connectivity index is 0.000000231. The van der Waals surface area contributed by atoms with E-state index >= 15 is 0 Å². The molecule has 0 saturated carbocycles. The zero-order chi connectivity index (χ0) is 63.1. The third kappa shape index (κ3) is 16.3. The van der Waals surface area contributed by atoms with Crippen LogP contribution in [-0.4, -0.2) is 39.9 Å². The van der Waals surface area contributed by atoms with Crippen molar-refractivity contribution in [1.82, 2.24) is 39.9 Å². The van der Waals surface area contributed by atoms with E-state index in [0.29, 0.717) is 68.8 Å². The molecule has 472 valence electrons. The van der Waals surface area contributed by atoms with Gasteiger partial charge in [0, 0.05) is 58.6 Å². The minimum absolute atomic E-state index is 0. The maximum atomic E-state index is 14.9. The van der Waals surface area contributed by atoms with Gasteiger partial charge < -0.3 is 18.9 Å². The van der Waals surface area contributed by atoms with E-state index in [9.17, 15) is 35.1 Å². The minimum Gasteiger partial charge on any atom is -0.458 e. The Kier molecular flexibility index (Phi) is 21.7. The number of pyridine rings is 8. The summed E-state index contributed by atoms with van der Waals surface area (Å²) in [6, 6.07) is 60.0. The maximum Gasteiger partial charge on any atom is 2.00 e. The van der Waals surface area contributed by atoms with Crippen molar-refractivity contribution in [3.63, 3.8) is 0 Å². The Bertz CT molecular complexity index is 3990. The van der Waals surface area contributed by atoms with Crippen LogP contribution in [-0.2, 0) is 31.9 Å². The Hall–Kier alpha value is -10.6. The number of hydrogen-bond donors (Lipinski definition) is 0. The van der Waals surface area contributed by atoms with E-state index < -0.39 is 58.4 Å². The van der Waals surface area contributed by atoms with Crippen LogP contribution < -0.4 is 18.9 Å². The molecular weight excluding hydrogens is 1390 g/mol. The Morgan fingerprint density at radius 1 is 0.290 bits per heavy atom. The molecule has 0 amide bonds. The van der Waals surface area contributed by atoms with E-state index in [4.69, 9.17) is 38.9 Å². The number of benzene rings is 4. The molecule has 8 heterocycles. The van der Waals surface area contributed by atoms with Gasteiger partial charge in [-0.3, -0.25) is 29.9 Å². The van der Waals surface area contributed by atoms with Crippen molar-refractivity contribution in [3.05, 3.63) is 289 Å². The van der Waals surface area contributed by atoms with Crippen molar-refractivity contribution in [2.45, 2.75) is 53.4 Å². The number of rotatable bonds is 16. The van der Waals surface area contributed by atoms with Crippen molar-refractivity contribution in [1.29, 1.82) is 0 Å². The molecular formula is C72H54F8N8O4Pt. The van der Waals surface area contributed by atoms with Gasteiger partial charge in [-0.05, 0) is 124 Å². The molecule has 93 heavy (non-hydrogen) atoms. The topological polar surface area (TPSA) is 140 Å². The van der Waals surface area contributed by atoms with E-state index in [1.807, 2.05) is 38.1 Å². The van der Waals surface area contributed by atoms with Gasteiger partial charge >= 0.3 is 21.1 Å². The van der Waals surface area contributed by atoms with Crippen LogP contribution in [0, 0.1) is 59.7 Å². The number of para-hydroxylation sites is 4. The van der Waals surface area contributed by atoms with Gasteiger partial charge in [0.1, 0.15) is 69.8 Å². The van der Waals surface area contributed by atoms with Gasteiger partial charge in [-0.25, -0.2) is 17.6 Å². The quantitative estimate of drug-likeness (QED) is 0.0517. The average molecular weight is 1440 g/mol. The molecule has 0 spiro atoms. The summed E-state index contributed by atoms with van der Waals surface area (Å²) in [6.07, 6.45) is 0. The summed E-state index contributed by atoms with van der Waals surface area (Å²) >= 11 is 0. The molecule has 8 aromatic heterocycles. The predicted molar refractivity (Wildman–Crippen MR) is 331 cm³/mol. The molecule has 0 fully saturated rings. The second-order valence-electron chi connectivity index (χ2n) is 20.9. The van der Waals surface area contributed by atoms with Gasteiger partial charge in [-0.1, -0.05) is 111 Å². The first-order valence-corrected chi connectivity index (χ1v) is 27.5. The van der Waals surface area contributed by atoms with Crippen LogP contribution in [0.25, 0.3) is 45.0 Å². The first kappa shape index (κ1) is 68.3. The Morgan fingerprint density at radius 3 is 0.817 bits per heavy atom. The third-order valence-corrected chi connectivity index (χ3v) is 13.9. The van der Waals surface area contributed by atoms with Crippen molar-refractivity contribution in [2.24, 2.45) is 0 Å². The maximum absolute atomic E-state index is 14.9. The fraction of sp³-hybridized carbons (Fsp3) is 0.111. The van der Waals surface area contributed by atoms with Crippen LogP contribution in [0.15, 0.2) is 206 Å². The van der Waals surface area contributed by atoms with Crippen LogP contribution in [0.3, 0.4) is 0 Å². The number of ether oxygens (including phenoxy) is 4. The number of aromatic nitrogens is 8. The SMILES string of the molecule is C.C.CC(C)(c1cc(Oc2ccccc2)cc(-c2[c-]cc(F)nc2F)n1)c1cc(Oc2ccccc2)cc(-c2[c-]cc(F)nc2F)n1.CC(C)(c1cc(Oc2ccccc2)cc(-c2ccc(F)nc2F)n1)c1cc(Oc2ccccc2)cc(-c2ccc(F)nc2F)n1.[Pt+2]. The fourth-order valence-electron chi connectivity index (χ4n) is 9.14. The van der Waals surface area contributed by atoms with Crippen molar-refractivity contribution >= 4 is 0 Å². The summed E-state index contributed by atoms with van der Waals surface area (Å²) < 4.78 is 138. The molecule has 12 aromatic rings. The summed E-state index contributed by atoms with van der Waals surface area (Å²) in [5.74, 6) is -4.98. The number of hydrogen-bond acceptors (Lipinski definition) is 12. The summed E-state index contributed by atoms with van der Waals surface area (Å²) in [5.41, 5.74) is -0.581. The molecule has 21 heteroatoms. The molecule has 0 atom stereocenters. The van der Waals surface area contributed by atoms with Crippen LogP contribution >= 0.6 is 0 Å². The molecule has 12 nitrogen and oxygen atoms in total. The average Bonchev–Trinajstić information content (AvgIpc) is 1.21. The van der Waals surface area contributed by atoms with E-state index in [1.165, 1.54) is 36.4 Å².